The minimum Gasteiger partial charge on any atom is -0.516 e. The maximum atomic E-state index is 11.6. The van der Waals surface area contributed by atoms with Gasteiger partial charge in [0.15, 0.2) is 11.9 Å². The van der Waals surface area contributed by atoms with Crippen molar-refractivity contribution in [3.05, 3.63) is 0 Å². The number of hydrogen-bond donors (Lipinski definition) is 1. The Morgan fingerprint density at radius 1 is 0.758 bits per heavy atom. The molecule has 0 rings (SSSR count). The highest BCUT2D eigenvalue weighted by Gasteiger charge is 2.04. The van der Waals surface area contributed by atoms with Crippen molar-refractivity contribution >= 4 is 34.0 Å². The third-order valence-electron chi connectivity index (χ3n) is 5.66. The molecule has 0 aliphatic heterocycles. The van der Waals surface area contributed by atoms with Gasteiger partial charge in [-0.1, -0.05) is 103 Å². The molecule has 0 aromatic rings. The highest BCUT2D eigenvalue weighted by Crippen LogP contribution is 2.14. The molecule has 0 amide bonds. The van der Waals surface area contributed by atoms with Crippen LogP contribution in [0.5, 0.6) is 0 Å². The number of carbonyl (C=O) groups is 2. The van der Waals surface area contributed by atoms with Crippen molar-refractivity contribution in [3.8, 4) is 0 Å². The SMILES string of the molecule is CCCCC[Si]OC(=O)CCCCCCCCCCCCCCCCC(OC)OC.O=CS. The van der Waals surface area contributed by atoms with E-state index >= 15 is 0 Å². The Morgan fingerprint density at radius 3 is 1.61 bits per heavy atom. The first-order valence-corrected chi connectivity index (χ1v) is 14.8. The van der Waals surface area contributed by atoms with E-state index in [4.69, 9.17) is 18.7 Å². The molecule has 0 spiro atoms. The van der Waals surface area contributed by atoms with Crippen molar-refractivity contribution in [1.82, 2.24) is 0 Å². The van der Waals surface area contributed by atoms with Gasteiger partial charge in [-0.05, 0) is 25.3 Å². The van der Waals surface area contributed by atoms with E-state index in [0.717, 1.165) is 18.9 Å². The fourth-order valence-corrected chi connectivity index (χ4v) is 4.42. The first-order valence-electron chi connectivity index (χ1n) is 13.2. The van der Waals surface area contributed by atoms with E-state index in [1.807, 2.05) is 0 Å². The van der Waals surface area contributed by atoms with Gasteiger partial charge in [-0.25, -0.2) is 0 Å². The van der Waals surface area contributed by atoms with Crippen LogP contribution in [-0.4, -0.2) is 41.9 Å². The molecule has 196 valence electrons. The lowest BCUT2D eigenvalue weighted by molar-refractivity contribution is -0.134. The second kappa shape index (κ2) is 31.6. The minimum absolute atomic E-state index is 0.0129. The molecule has 7 heteroatoms. The Balaban J connectivity index is 0. The van der Waals surface area contributed by atoms with Gasteiger partial charge in [-0.2, -0.15) is 0 Å². The second-order valence-corrected chi connectivity index (χ2v) is 9.77. The van der Waals surface area contributed by atoms with Crippen molar-refractivity contribution in [3.63, 3.8) is 0 Å². The van der Waals surface area contributed by atoms with Crippen LogP contribution in [0.25, 0.3) is 0 Å². The Bertz CT molecular complexity index is 395. The number of carbonyl (C=O) groups excluding carboxylic acids is 2. The maximum absolute atomic E-state index is 11.6. The standard InChI is InChI=1S/C25H50O4Si.CH2OS/c1-4-5-20-23-30-29-24(26)21-18-16-14-12-10-8-6-7-9-11-13-15-17-19-22-25(27-2)28-3;2-1-3/h25H,4-23H2,1-3H3;1H,(H,2,3). The number of unbranched alkanes of at least 4 members (excludes halogenated alkanes) is 15. The normalized spacial score (nSPS) is 10.7. The first-order chi connectivity index (χ1) is 16.2. The molecule has 0 N–H and O–H groups in total. The van der Waals surface area contributed by atoms with Crippen LogP contribution in [0.2, 0.25) is 6.04 Å². The second-order valence-electron chi connectivity index (χ2n) is 8.57. The molecular weight excluding hydrogens is 452 g/mol. The van der Waals surface area contributed by atoms with E-state index in [2.05, 4.69) is 19.6 Å². The Hall–Kier alpha value is -0.373. The molecule has 0 aromatic carbocycles. The smallest absolute Gasteiger partial charge is 0.314 e. The Kier molecular flexibility index (Phi) is 33.3. The van der Waals surface area contributed by atoms with Crippen molar-refractivity contribution in [2.45, 2.75) is 141 Å². The fraction of sp³-hybridized carbons (Fsp3) is 0.923. The van der Waals surface area contributed by atoms with Gasteiger partial charge < -0.3 is 13.9 Å². The third kappa shape index (κ3) is 31.6. The molecule has 0 aromatic heterocycles. The lowest BCUT2D eigenvalue weighted by Crippen LogP contribution is -2.12. The largest absolute Gasteiger partial charge is 0.516 e. The summed E-state index contributed by atoms with van der Waals surface area (Å²) >= 11 is 3.11. The molecule has 33 heavy (non-hydrogen) atoms. The van der Waals surface area contributed by atoms with Gasteiger partial charge in [-0.3, -0.25) is 9.59 Å². The van der Waals surface area contributed by atoms with Gasteiger partial charge in [0.2, 0.25) is 0 Å². The lowest BCUT2D eigenvalue weighted by Gasteiger charge is -2.12. The molecule has 5 nitrogen and oxygen atoms in total. The van der Waals surface area contributed by atoms with Crippen LogP contribution in [0, 0.1) is 0 Å². The van der Waals surface area contributed by atoms with Crippen molar-refractivity contribution < 1.29 is 23.5 Å². The van der Waals surface area contributed by atoms with Crippen LogP contribution < -0.4 is 0 Å². The Labute approximate surface area is 212 Å². The quantitative estimate of drug-likeness (QED) is 0.0479. The monoisotopic (exact) mass is 504 g/mol. The van der Waals surface area contributed by atoms with Gasteiger partial charge in [0.25, 0.3) is 5.97 Å². The average molecular weight is 505 g/mol. The number of thiol groups is 1. The van der Waals surface area contributed by atoms with Crippen LogP contribution in [0.4, 0.5) is 0 Å². The summed E-state index contributed by atoms with van der Waals surface area (Å²) in [7, 11) is 3.80. The van der Waals surface area contributed by atoms with E-state index in [-0.39, 0.29) is 12.3 Å². The van der Waals surface area contributed by atoms with Crippen LogP contribution in [0.3, 0.4) is 0 Å². The highest BCUT2D eigenvalue weighted by atomic mass is 32.1. The maximum Gasteiger partial charge on any atom is 0.314 e. The van der Waals surface area contributed by atoms with E-state index in [0.29, 0.717) is 21.8 Å². The summed E-state index contributed by atoms with van der Waals surface area (Å²) in [5.74, 6) is 0.0129. The van der Waals surface area contributed by atoms with Crippen LogP contribution >= 0.6 is 12.6 Å². The van der Waals surface area contributed by atoms with Crippen LogP contribution in [0.1, 0.15) is 129 Å². The number of ether oxygens (including phenoxy) is 2. The molecule has 0 heterocycles. The molecule has 0 aliphatic carbocycles. The first kappa shape index (κ1) is 34.8. The van der Waals surface area contributed by atoms with Gasteiger partial charge in [0.1, 0.15) is 0 Å². The predicted molar refractivity (Wildman–Crippen MR) is 144 cm³/mol. The number of rotatable bonds is 24. The number of hydrogen-bond acceptors (Lipinski definition) is 5. The fourth-order valence-electron chi connectivity index (χ4n) is 3.66. The Morgan fingerprint density at radius 2 is 1.18 bits per heavy atom. The third-order valence-corrected chi connectivity index (χ3v) is 6.59. The topological polar surface area (TPSA) is 61.8 Å². The summed E-state index contributed by atoms with van der Waals surface area (Å²) in [4.78, 5) is 20.3. The molecule has 0 fully saturated rings. The summed E-state index contributed by atoms with van der Waals surface area (Å²) in [5, 5.41) is 0. The van der Waals surface area contributed by atoms with E-state index < -0.39 is 0 Å². The van der Waals surface area contributed by atoms with Crippen LogP contribution in [-0.2, 0) is 23.5 Å². The molecule has 2 radical (unpaired) electrons. The minimum atomic E-state index is -0.0214. The molecule has 0 saturated carbocycles. The summed E-state index contributed by atoms with van der Waals surface area (Å²) in [5.41, 5.74) is 0.444. The van der Waals surface area contributed by atoms with Gasteiger partial charge in [0, 0.05) is 20.6 Å². The molecule has 0 saturated heterocycles. The summed E-state index contributed by atoms with van der Waals surface area (Å²) in [6.07, 6.45) is 23.5. The zero-order valence-electron chi connectivity index (χ0n) is 21.8. The summed E-state index contributed by atoms with van der Waals surface area (Å²) in [6.45, 7) is 2.20. The molecule has 0 aliphatic rings. The van der Waals surface area contributed by atoms with E-state index in [1.165, 1.54) is 103 Å². The molecular formula is C26H52O5SSi. The predicted octanol–water partition coefficient (Wildman–Crippen LogP) is 7.72. The van der Waals surface area contributed by atoms with Crippen molar-refractivity contribution in [2.24, 2.45) is 0 Å². The van der Waals surface area contributed by atoms with Crippen molar-refractivity contribution in [2.75, 3.05) is 14.2 Å². The molecule has 0 atom stereocenters. The van der Waals surface area contributed by atoms with E-state index in [9.17, 15) is 4.79 Å². The molecule has 0 unspecified atom stereocenters. The van der Waals surface area contributed by atoms with Crippen molar-refractivity contribution in [1.29, 1.82) is 0 Å². The van der Waals surface area contributed by atoms with Gasteiger partial charge >= 0.3 is 9.76 Å². The van der Waals surface area contributed by atoms with Gasteiger partial charge in [-0.15, -0.1) is 12.6 Å². The number of methoxy groups -OCH3 is 2. The average Bonchev–Trinajstić information content (AvgIpc) is 2.81. The zero-order chi connectivity index (χ0) is 24.8. The van der Waals surface area contributed by atoms with E-state index in [1.54, 1.807) is 14.2 Å². The summed E-state index contributed by atoms with van der Waals surface area (Å²) in [6, 6.07) is 1.05. The highest BCUT2D eigenvalue weighted by molar-refractivity contribution is 7.94. The lowest BCUT2D eigenvalue weighted by atomic mass is 10.0. The van der Waals surface area contributed by atoms with Crippen LogP contribution in [0.15, 0.2) is 0 Å². The summed E-state index contributed by atoms with van der Waals surface area (Å²) < 4.78 is 15.7. The zero-order valence-corrected chi connectivity index (χ0v) is 23.7. The molecule has 0 bridgehead atoms. The van der Waals surface area contributed by atoms with Gasteiger partial charge in [0.05, 0.1) is 0 Å².